The molecule has 2 aromatic rings. The highest BCUT2D eigenvalue weighted by molar-refractivity contribution is 7.07. The maximum Gasteiger partial charge on any atom is 0.253 e. The minimum atomic E-state index is -0.545. The van der Waals surface area contributed by atoms with Gasteiger partial charge in [-0.15, -0.1) is 11.3 Å². The van der Waals surface area contributed by atoms with Gasteiger partial charge in [-0.05, 0) is 25.1 Å². The number of carbonyl (C=O) groups excluding carboxylic acids is 1. The van der Waals surface area contributed by atoms with Gasteiger partial charge >= 0.3 is 0 Å². The molecule has 0 N–H and O–H groups in total. The van der Waals surface area contributed by atoms with Crippen molar-refractivity contribution in [1.82, 2.24) is 4.57 Å². The second kappa shape index (κ2) is 5.73. The molecule has 1 aromatic heterocycles. The smallest absolute Gasteiger partial charge is 0.253 e. The van der Waals surface area contributed by atoms with Crippen LogP contribution in [0.25, 0.3) is 5.69 Å². The van der Waals surface area contributed by atoms with Crippen LogP contribution in [0, 0.1) is 18.2 Å². The molecule has 3 nitrogen and oxygen atoms in total. The number of carbonyl (C=O) groups is 1. The van der Waals surface area contributed by atoms with Crippen LogP contribution in [0.15, 0.2) is 28.6 Å². The molecule has 0 aliphatic rings. The second-order valence-electron chi connectivity index (χ2n) is 5.76. The third kappa shape index (κ3) is 3.41. The lowest BCUT2D eigenvalue weighted by molar-refractivity contribution is -0.125. The Kier molecular flexibility index (Phi) is 4.35. The van der Waals surface area contributed by atoms with Gasteiger partial charge in [-0.1, -0.05) is 32.4 Å². The van der Waals surface area contributed by atoms with Crippen LogP contribution in [0.3, 0.4) is 0 Å². The fourth-order valence-corrected chi connectivity index (χ4v) is 2.71. The van der Waals surface area contributed by atoms with E-state index >= 15 is 0 Å². The summed E-state index contributed by atoms with van der Waals surface area (Å²) in [6, 6.07) is 4.44. The normalized spacial score (nSPS) is 12.8. The molecule has 0 aliphatic carbocycles. The molecule has 21 heavy (non-hydrogen) atoms. The number of hydrogen-bond donors (Lipinski definition) is 0. The fraction of sp³-hybridized carbons (Fsp3) is 0.333. The zero-order valence-corrected chi connectivity index (χ0v) is 13.8. The standard InChI is InChI=1S/C15H16ClFN2OS/c1-9-8-21-14(18-13(20)15(2,3)4)19(9)10-5-6-12(17)11(16)7-10/h5-8H,1-4H3. The van der Waals surface area contributed by atoms with Gasteiger partial charge in [0.15, 0.2) is 4.80 Å². The molecule has 0 atom stereocenters. The Hall–Kier alpha value is -1.46. The van der Waals surface area contributed by atoms with Gasteiger partial charge in [0.05, 0.1) is 5.02 Å². The number of halogens is 2. The SMILES string of the molecule is Cc1csc(=NC(=O)C(C)(C)C)n1-c1ccc(F)c(Cl)c1. The third-order valence-corrected chi connectivity index (χ3v) is 4.11. The molecule has 2 rings (SSSR count). The Morgan fingerprint density at radius 2 is 2.05 bits per heavy atom. The van der Waals surface area contributed by atoms with Gasteiger partial charge in [-0.2, -0.15) is 4.99 Å². The van der Waals surface area contributed by atoms with E-state index in [4.69, 9.17) is 11.6 Å². The Bertz CT molecular complexity index is 756. The van der Waals surface area contributed by atoms with Crippen molar-refractivity contribution >= 4 is 28.8 Å². The molecule has 1 aromatic carbocycles. The highest BCUT2D eigenvalue weighted by atomic mass is 35.5. The van der Waals surface area contributed by atoms with Crippen LogP contribution in [-0.4, -0.2) is 10.5 Å². The van der Waals surface area contributed by atoms with Crippen molar-refractivity contribution in [3.63, 3.8) is 0 Å². The first kappa shape index (κ1) is 15.9. The zero-order valence-electron chi connectivity index (χ0n) is 12.3. The first-order valence-corrected chi connectivity index (χ1v) is 7.67. The first-order valence-electron chi connectivity index (χ1n) is 6.42. The first-order chi connectivity index (χ1) is 9.70. The Labute approximate surface area is 131 Å². The van der Waals surface area contributed by atoms with Crippen molar-refractivity contribution in [2.45, 2.75) is 27.7 Å². The van der Waals surface area contributed by atoms with Crippen molar-refractivity contribution in [3.8, 4) is 5.69 Å². The lowest BCUT2D eigenvalue weighted by Gasteiger charge is -2.12. The summed E-state index contributed by atoms with van der Waals surface area (Å²) >= 11 is 7.20. The van der Waals surface area contributed by atoms with Crippen LogP contribution in [-0.2, 0) is 4.79 Å². The molecule has 1 heterocycles. The molecular formula is C15H16ClFN2OS. The number of rotatable bonds is 1. The number of benzene rings is 1. The topological polar surface area (TPSA) is 34.4 Å². The molecule has 112 valence electrons. The maximum absolute atomic E-state index is 13.3. The quantitative estimate of drug-likeness (QED) is 0.776. The number of aryl methyl sites for hydroxylation is 1. The summed E-state index contributed by atoms with van der Waals surface area (Å²) in [6.45, 7) is 7.35. The molecule has 0 spiro atoms. The molecular weight excluding hydrogens is 311 g/mol. The Balaban J connectivity index is 2.60. The number of amides is 1. The number of thiazole rings is 1. The third-order valence-electron chi connectivity index (χ3n) is 2.88. The minimum Gasteiger partial charge on any atom is -0.290 e. The van der Waals surface area contributed by atoms with Gasteiger partial charge < -0.3 is 0 Å². The van der Waals surface area contributed by atoms with Crippen molar-refractivity contribution < 1.29 is 9.18 Å². The highest BCUT2D eigenvalue weighted by Crippen LogP contribution is 2.20. The predicted molar refractivity (Wildman–Crippen MR) is 83.4 cm³/mol. The summed E-state index contributed by atoms with van der Waals surface area (Å²) in [7, 11) is 0. The van der Waals surface area contributed by atoms with E-state index in [-0.39, 0.29) is 10.9 Å². The van der Waals surface area contributed by atoms with Gasteiger partial charge in [0.1, 0.15) is 5.82 Å². The van der Waals surface area contributed by atoms with Gasteiger partial charge in [0.2, 0.25) is 0 Å². The maximum atomic E-state index is 13.3. The molecule has 0 fully saturated rings. The second-order valence-corrected chi connectivity index (χ2v) is 7.00. The van der Waals surface area contributed by atoms with Crippen molar-refractivity contribution in [3.05, 3.63) is 44.9 Å². The van der Waals surface area contributed by atoms with Crippen LogP contribution in [0.2, 0.25) is 5.02 Å². The van der Waals surface area contributed by atoms with E-state index < -0.39 is 11.2 Å². The van der Waals surface area contributed by atoms with Crippen LogP contribution in [0.1, 0.15) is 26.5 Å². The summed E-state index contributed by atoms with van der Waals surface area (Å²) in [5.41, 5.74) is 1.04. The van der Waals surface area contributed by atoms with Crippen LogP contribution in [0.5, 0.6) is 0 Å². The average Bonchev–Trinajstić information content (AvgIpc) is 2.73. The number of hydrogen-bond acceptors (Lipinski definition) is 2. The highest BCUT2D eigenvalue weighted by Gasteiger charge is 2.21. The van der Waals surface area contributed by atoms with E-state index in [1.165, 1.54) is 23.5 Å². The van der Waals surface area contributed by atoms with Gasteiger partial charge in [0.25, 0.3) is 5.91 Å². The largest absolute Gasteiger partial charge is 0.290 e. The number of aromatic nitrogens is 1. The molecule has 1 amide bonds. The average molecular weight is 327 g/mol. The van der Waals surface area contributed by atoms with Crippen LogP contribution >= 0.6 is 22.9 Å². The van der Waals surface area contributed by atoms with Gasteiger partial charge in [-0.25, -0.2) is 4.39 Å². The zero-order chi connectivity index (χ0) is 15.8. The Morgan fingerprint density at radius 1 is 1.38 bits per heavy atom. The minimum absolute atomic E-state index is 0.0405. The number of nitrogens with zero attached hydrogens (tertiary/aromatic N) is 2. The van der Waals surface area contributed by atoms with E-state index in [9.17, 15) is 9.18 Å². The van der Waals surface area contributed by atoms with E-state index in [0.29, 0.717) is 10.5 Å². The Morgan fingerprint density at radius 3 is 2.62 bits per heavy atom. The molecule has 0 radical (unpaired) electrons. The molecule has 0 bridgehead atoms. The van der Waals surface area contributed by atoms with Crippen molar-refractivity contribution in [2.75, 3.05) is 0 Å². The summed E-state index contributed by atoms with van der Waals surface area (Å²) < 4.78 is 15.1. The van der Waals surface area contributed by atoms with Crippen LogP contribution < -0.4 is 4.80 Å². The molecule has 0 saturated heterocycles. The van der Waals surface area contributed by atoms with E-state index in [2.05, 4.69) is 4.99 Å². The monoisotopic (exact) mass is 326 g/mol. The molecule has 0 aliphatic heterocycles. The lowest BCUT2D eigenvalue weighted by Crippen LogP contribution is -2.23. The van der Waals surface area contributed by atoms with Gasteiger partial charge in [0, 0.05) is 22.2 Å². The predicted octanol–water partition coefficient (Wildman–Crippen LogP) is 4.11. The van der Waals surface area contributed by atoms with E-state index in [0.717, 1.165) is 5.69 Å². The van der Waals surface area contributed by atoms with E-state index in [1.54, 1.807) is 10.6 Å². The molecule has 6 heteroatoms. The van der Waals surface area contributed by atoms with Gasteiger partial charge in [-0.3, -0.25) is 9.36 Å². The van der Waals surface area contributed by atoms with Crippen molar-refractivity contribution in [1.29, 1.82) is 0 Å². The summed E-state index contributed by atoms with van der Waals surface area (Å²) in [5, 5.41) is 1.94. The fourth-order valence-electron chi connectivity index (χ4n) is 1.66. The summed E-state index contributed by atoms with van der Waals surface area (Å²) in [4.78, 5) is 16.8. The lowest BCUT2D eigenvalue weighted by atomic mass is 9.96. The van der Waals surface area contributed by atoms with Crippen LogP contribution in [0.4, 0.5) is 4.39 Å². The molecule has 0 saturated carbocycles. The molecule has 0 unspecified atom stereocenters. The van der Waals surface area contributed by atoms with Crippen molar-refractivity contribution in [2.24, 2.45) is 10.4 Å². The summed E-state index contributed by atoms with van der Waals surface area (Å²) in [5.74, 6) is -0.676. The summed E-state index contributed by atoms with van der Waals surface area (Å²) in [6.07, 6.45) is 0. The van der Waals surface area contributed by atoms with E-state index in [1.807, 2.05) is 33.1 Å².